The van der Waals surface area contributed by atoms with E-state index >= 15 is 0 Å². The predicted octanol–water partition coefficient (Wildman–Crippen LogP) is 4.43. The molecule has 4 N–H and O–H groups in total. The second kappa shape index (κ2) is 6.81. The van der Waals surface area contributed by atoms with E-state index in [1.165, 1.54) is 12.1 Å². The van der Waals surface area contributed by atoms with Crippen LogP contribution < -0.4 is 16.0 Å². The monoisotopic (exact) mass is 373 g/mol. The van der Waals surface area contributed by atoms with Crippen LogP contribution in [0.2, 0.25) is 0 Å². The first kappa shape index (κ1) is 17.7. The van der Waals surface area contributed by atoms with Crippen LogP contribution in [0, 0.1) is 10.1 Å². The third kappa shape index (κ3) is 2.89. The third-order valence-corrected chi connectivity index (χ3v) is 4.97. The summed E-state index contributed by atoms with van der Waals surface area (Å²) in [5.41, 5.74) is 16.6. The topological polar surface area (TPSA) is 99.1 Å². The van der Waals surface area contributed by atoms with Crippen LogP contribution in [0.5, 0.6) is 0 Å². The Balaban J connectivity index is 2.15. The van der Waals surface area contributed by atoms with Crippen molar-refractivity contribution in [2.24, 2.45) is 0 Å². The van der Waals surface area contributed by atoms with Gasteiger partial charge in [-0.1, -0.05) is 13.0 Å². The van der Waals surface area contributed by atoms with Crippen LogP contribution in [-0.2, 0) is 6.54 Å². The van der Waals surface area contributed by atoms with Gasteiger partial charge in [-0.15, -0.1) is 0 Å². The molecular formula is C22H21N4O2+. The first-order chi connectivity index (χ1) is 13.5. The number of pyridine rings is 1. The average molecular weight is 373 g/mol. The molecule has 6 heteroatoms. The smallest absolute Gasteiger partial charge is 0.269 e. The number of nitrogens with two attached hydrogens (primary N) is 2. The van der Waals surface area contributed by atoms with Gasteiger partial charge in [-0.25, -0.2) is 0 Å². The van der Waals surface area contributed by atoms with Crippen LogP contribution in [0.25, 0.3) is 32.9 Å². The Morgan fingerprint density at radius 1 is 0.893 bits per heavy atom. The number of anilines is 2. The number of non-ortho nitro benzene ring substituents is 1. The lowest BCUT2D eigenvalue weighted by Crippen LogP contribution is -2.37. The highest BCUT2D eigenvalue weighted by Gasteiger charge is 2.23. The van der Waals surface area contributed by atoms with Gasteiger partial charge in [-0.2, -0.15) is 4.57 Å². The van der Waals surface area contributed by atoms with Gasteiger partial charge in [0.1, 0.15) is 6.54 Å². The number of aryl methyl sites for hydroxylation is 1. The number of nitro groups is 1. The number of nitrogens with zero attached hydrogens (tertiary/aromatic N) is 2. The molecule has 3 aromatic carbocycles. The standard InChI is InChI=1S/C22H20N4O2/c1-2-11-25-21-13-16(24)6-10-19(21)18-9-5-15(23)12-20(18)22(25)14-3-7-17(8-4-14)26(27)28/h3-10,12-13,24H,2,11,23H2,1H3/p+1. The second-order valence-corrected chi connectivity index (χ2v) is 6.89. The van der Waals surface area contributed by atoms with Crippen LogP contribution in [0.3, 0.4) is 0 Å². The molecule has 0 saturated carbocycles. The fraction of sp³-hybridized carbons (Fsp3) is 0.136. The lowest BCUT2D eigenvalue weighted by molar-refractivity contribution is -0.659. The van der Waals surface area contributed by atoms with Gasteiger partial charge in [-0.3, -0.25) is 10.1 Å². The number of fused-ring (bicyclic) bond motifs is 3. The van der Waals surface area contributed by atoms with E-state index < -0.39 is 0 Å². The Morgan fingerprint density at radius 3 is 2.18 bits per heavy atom. The minimum Gasteiger partial charge on any atom is -0.399 e. The number of hydrogen-bond acceptors (Lipinski definition) is 4. The predicted molar refractivity (Wildman–Crippen MR) is 113 cm³/mol. The van der Waals surface area contributed by atoms with E-state index in [-0.39, 0.29) is 10.6 Å². The summed E-state index contributed by atoms with van der Waals surface area (Å²) in [5.74, 6) is 0. The molecule has 1 aromatic heterocycles. The lowest BCUT2D eigenvalue weighted by Gasteiger charge is -2.13. The molecule has 4 aromatic rings. The zero-order valence-corrected chi connectivity index (χ0v) is 15.6. The summed E-state index contributed by atoms with van der Waals surface area (Å²) in [6.07, 6.45) is 0.933. The summed E-state index contributed by atoms with van der Waals surface area (Å²) >= 11 is 0. The molecule has 0 saturated heterocycles. The largest absolute Gasteiger partial charge is 0.399 e. The lowest BCUT2D eigenvalue weighted by atomic mass is 9.98. The van der Waals surface area contributed by atoms with Gasteiger partial charge in [-0.05, 0) is 36.4 Å². The number of benzene rings is 3. The van der Waals surface area contributed by atoms with E-state index in [1.807, 2.05) is 36.4 Å². The normalized spacial score (nSPS) is 11.2. The first-order valence-corrected chi connectivity index (χ1v) is 9.18. The molecule has 0 amide bonds. The van der Waals surface area contributed by atoms with Gasteiger partial charge < -0.3 is 11.5 Å². The van der Waals surface area contributed by atoms with Crippen molar-refractivity contribution in [1.29, 1.82) is 0 Å². The molecule has 0 aliphatic carbocycles. The maximum Gasteiger partial charge on any atom is 0.269 e. The summed E-state index contributed by atoms with van der Waals surface area (Å²) in [7, 11) is 0. The fourth-order valence-corrected chi connectivity index (χ4v) is 3.77. The molecule has 0 radical (unpaired) electrons. The molecule has 0 aliphatic rings. The van der Waals surface area contributed by atoms with Crippen molar-refractivity contribution in [2.75, 3.05) is 11.5 Å². The molecule has 0 spiro atoms. The molecule has 0 fully saturated rings. The molecular weight excluding hydrogens is 352 g/mol. The van der Waals surface area contributed by atoms with Crippen molar-refractivity contribution >= 4 is 38.7 Å². The Bertz CT molecular complexity index is 1220. The zero-order chi connectivity index (χ0) is 19.8. The molecule has 1 heterocycles. The minimum absolute atomic E-state index is 0.0691. The summed E-state index contributed by atoms with van der Waals surface area (Å²) in [5, 5.41) is 14.2. The van der Waals surface area contributed by atoms with E-state index in [4.69, 9.17) is 11.5 Å². The van der Waals surface area contributed by atoms with Crippen LogP contribution in [0.15, 0.2) is 60.7 Å². The highest BCUT2D eigenvalue weighted by Crippen LogP contribution is 2.34. The maximum absolute atomic E-state index is 11.1. The van der Waals surface area contributed by atoms with Crippen LogP contribution in [0.1, 0.15) is 13.3 Å². The van der Waals surface area contributed by atoms with Gasteiger partial charge in [0.2, 0.25) is 11.2 Å². The van der Waals surface area contributed by atoms with Crippen LogP contribution >= 0.6 is 0 Å². The molecule has 0 atom stereocenters. The number of aromatic nitrogens is 1. The first-order valence-electron chi connectivity index (χ1n) is 9.18. The number of hydrogen-bond donors (Lipinski definition) is 2. The van der Waals surface area contributed by atoms with Gasteiger partial charge in [0.25, 0.3) is 5.69 Å². The number of nitro benzene ring substituents is 1. The van der Waals surface area contributed by atoms with Gasteiger partial charge in [0.15, 0.2) is 0 Å². The molecule has 28 heavy (non-hydrogen) atoms. The zero-order valence-electron chi connectivity index (χ0n) is 15.6. The minimum atomic E-state index is -0.388. The summed E-state index contributed by atoms with van der Waals surface area (Å²) in [6, 6.07) is 18.5. The van der Waals surface area contributed by atoms with Crippen molar-refractivity contribution < 1.29 is 9.49 Å². The van der Waals surface area contributed by atoms with E-state index in [0.29, 0.717) is 11.4 Å². The molecule has 0 bridgehead atoms. The number of rotatable bonds is 4. The Kier molecular flexibility index (Phi) is 4.31. The molecule has 0 unspecified atom stereocenters. The molecule has 6 nitrogen and oxygen atoms in total. The van der Waals surface area contributed by atoms with Crippen molar-refractivity contribution in [1.82, 2.24) is 0 Å². The Hall–Kier alpha value is -3.67. The van der Waals surface area contributed by atoms with Crippen molar-refractivity contribution in [3.63, 3.8) is 0 Å². The molecule has 0 aliphatic heterocycles. The summed E-state index contributed by atoms with van der Waals surface area (Å²) in [4.78, 5) is 10.7. The second-order valence-electron chi connectivity index (χ2n) is 6.89. The van der Waals surface area contributed by atoms with Crippen molar-refractivity contribution in [2.45, 2.75) is 19.9 Å². The average Bonchev–Trinajstić information content (AvgIpc) is 2.68. The van der Waals surface area contributed by atoms with Crippen LogP contribution in [0.4, 0.5) is 17.1 Å². The molecule has 4 rings (SSSR count). The van der Waals surface area contributed by atoms with Gasteiger partial charge in [0, 0.05) is 46.9 Å². The summed E-state index contributed by atoms with van der Waals surface area (Å²) < 4.78 is 2.23. The fourth-order valence-electron chi connectivity index (χ4n) is 3.77. The van der Waals surface area contributed by atoms with Gasteiger partial charge in [0.05, 0.1) is 15.7 Å². The van der Waals surface area contributed by atoms with E-state index in [9.17, 15) is 10.1 Å². The highest BCUT2D eigenvalue weighted by atomic mass is 16.6. The Morgan fingerprint density at radius 2 is 1.54 bits per heavy atom. The van der Waals surface area contributed by atoms with Crippen LogP contribution in [-0.4, -0.2) is 4.92 Å². The third-order valence-electron chi connectivity index (χ3n) is 4.97. The molecule has 140 valence electrons. The van der Waals surface area contributed by atoms with Crippen molar-refractivity contribution in [3.05, 3.63) is 70.8 Å². The van der Waals surface area contributed by atoms with Gasteiger partial charge >= 0.3 is 0 Å². The summed E-state index contributed by atoms with van der Waals surface area (Å²) in [6.45, 7) is 2.91. The number of nitrogen functional groups attached to an aromatic ring is 2. The van der Waals surface area contributed by atoms with E-state index in [2.05, 4.69) is 11.5 Å². The maximum atomic E-state index is 11.1. The quantitative estimate of drug-likeness (QED) is 0.182. The van der Waals surface area contributed by atoms with E-state index in [0.717, 1.165) is 45.9 Å². The SMILES string of the molecule is CCC[n+]1c(-c2ccc([N+](=O)[O-])cc2)c2cc(N)ccc2c2ccc(N)cc21. The Labute approximate surface area is 162 Å². The van der Waals surface area contributed by atoms with Crippen molar-refractivity contribution in [3.8, 4) is 11.3 Å². The highest BCUT2D eigenvalue weighted by molar-refractivity contribution is 6.10. The van der Waals surface area contributed by atoms with E-state index in [1.54, 1.807) is 12.1 Å².